The van der Waals surface area contributed by atoms with Crippen LogP contribution in [0.4, 0.5) is 11.5 Å². The van der Waals surface area contributed by atoms with Crippen LogP contribution in [0.5, 0.6) is 0 Å². The first-order chi connectivity index (χ1) is 11.0. The number of carboxylic acids is 1. The number of anilines is 2. The fourth-order valence-corrected chi connectivity index (χ4v) is 2.17. The maximum absolute atomic E-state index is 11.5. The second kappa shape index (κ2) is 10.6. The van der Waals surface area contributed by atoms with Crippen molar-refractivity contribution in [3.8, 4) is 0 Å². The number of rotatable bonds is 11. The predicted octanol–water partition coefficient (Wildman–Crippen LogP) is -0.723. The number of carbonyl (C=O) groups is 2. The molecular weight excluding hydrogens is 296 g/mol. The highest BCUT2D eigenvalue weighted by atomic mass is 16.4. The molecule has 0 atom stereocenters. The first kappa shape index (κ1) is 18.9. The Labute approximate surface area is 137 Å². The van der Waals surface area contributed by atoms with E-state index >= 15 is 0 Å². The van der Waals surface area contributed by atoms with Gasteiger partial charge in [-0.1, -0.05) is 0 Å². The first-order valence-corrected chi connectivity index (χ1v) is 8.08. The van der Waals surface area contributed by atoms with Gasteiger partial charge in [0.05, 0.1) is 31.5 Å². The van der Waals surface area contributed by atoms with Crippen LogP contribution in [0.15, 0.2) is 18.3 Å². The van der Waals surface area contributed by atoms with E-state index in [0.29, 0.717) is 5.69 Å². The fourth-order valence-electron chi connectivity index (χ4n) is 2.17. The number of carbonyl (C=O) groups excluding carboxylic acids is 2. The minimum absolute atomic E-state index is 0.101. The molecule has 128 valence electrons. The average Bonchev–Trinajstić information content (AvgIpc) is 2.54. The maximum Gasteiger partial charge on any atom is 0.224 e. The zero-order valence-corrected chi connectivity index (χ0v) is 13.9. The summed E-state index contributed by atoms with van der Waals surface area (Å²) >= 11 is 0. The van der Waals surface area contributed by atoms with Gasteiger partial charge in [0, 0.05) is 25.4 Å². The van der Waals surface area contributed by atoms with E-state index < -0.39 is 5.97 Å². The van der Waals surface area contributed by atoms with E-state index in [1.165, 1.54) is 0 Å². The van der Waals surface area contributed by atoms with Crippen LogP contribution in [-0.4, -0.2) is 43.0 Å². The third kappa shape index (κ3) is 8.15. The van der Waals surface area contributed by atoms with Gasteiger partial charge in [0.1, 0.15) is 5.82 Å². The lowest BCUT2D eigenvalue weighted by molar-refractivity contribution is -0.896. The lowest BCUT2D eigenvalue weighted by Crippen LogP contribution is -3.11. The van der Waals surface area contributed by atoms with Crippen LogP contribution in [0.3, 0.4) is 0 Å². The summed E-state index contributed by atoms with van der Waals surface area (Å²) in [7, 11) is 0. The molecule has 1 amide bonds. The van der Waals surface area contributed by atoms with E-state index in [1.807, 2.05) is 0 Å². The second-order valence-electron chi connectivity index (χ2n) is 5.34. The predicted molar refractivity (Wildman–Crippen MR) is 87.1 cm³/mol. The Hall–Kier alpha value is -2.15. The van der Waals surface area contributed by atoms with Crippen molar-refractivity contribution in [3.05, 3.63) is 18.3 Å². The number of hydrogen-bond acceptors (Lipinski definition) is 5. The number of amides is 1. The van der Waals surface area contributed by atoms with Gasteiger partial charge in [0.2, 0.25) is 5.91 Å². The van der Waals surface area contributed by atoms with E-state index in [-0.39, 0.29) is 18.7 Å². The largest absolute Gasteiger partial charge is 0.550 e. The zero-order chi connectivity index (χ0) is 17.1. The van der Waals surface area contributed by atoms with Crippen LogP contribution >= 0.6 is 0 Å². The lowest BCUT2D eigenvalue weighted by atomic mass is 10.3. The van der Waals surface area contributed by atoms with Gasteiger partial charge in [-0.2, -0.15) is 0 Å². The molecule has 0 aliphatic rings. The van der Waals surface area contributed by atoms with Crippen LogP contribution in [-0.2, 0) is 9.59 Å². The van der Waals surface area contributed by atoms with Crippen molar-refractivity contribution in [1.82, 2.24) is 4.98 Å². The SMILES string of the molecule is CC[NH+](CC)CCCNc1ccc(NC(=O)CCC(=O)[O-])cn1. The standard InChI is InChI=1S/C16H26N4O3/c1-3-20(4-2)11-5-10-17-14-7-6-13(12-18-14)19-15(21)8-9-16(22)23/h6-7,12H,3-5,8-11H2,1-2H3,(H,17,18)(H,19,21)(H,22,23). The molecule has 0 unspecified atom stereocenters. The van der Waals surface area contributed by atoms with Crippen molar-refractivity contribution in [1.29, 1.82) is 0 Å². The van der Waals surface area contributed by atoms with Crippen molar-refractivity contribution in [2.45, 2.75) is 33.1 Å². The van der Waals surface area contributed by atoms with E-state index in [9.17, 15) is 14.7 Å². The topological polar surface area (TPSA) is 98.6 Å². The van der Waals surface area contributed by atoms with Crippen LogP contribution in [0.1, 0.15) is 33.1 Å². The Morgan fingerprint density at radius 2 is 1.96 bits per heavy atom. The molecule has 0 spiro atoms. The Kier molecular flexibility index (Phi) is 8.67. The molecule has 1 aromatic rings. The fraction of sp³-hybridized carbons (Fsp3) is 0.562. The van der Waals surface area contributed by atoms with Crippen LogP contribution in [0, 0.1) is 0 Å². The van der Waals surface area contributed by atoms with Gasteiger partial charge in [-0.15, -0.1) is 0 Å². The normalized spacial score (nSPS) is 10.6. The zero-order valence-electron chi connectivity index (χ0n) is 13.9. The summed E-state index contributed by atoms with van der Waals surface area (Å²) in [5.41, 5.74) is 0.548. The highest BCUT2D eigenvalue weighted by Crippen LogP contribution is 2.10. The quantitative estimate of drug-likeness (QED) is 0.467. The van der Waals surface area contributed by atoms with Crippen molar-refractivity contribution >= 4 is 23.4 Å². The van der Waals surface area contributed by atoms with Gasteiger partial charge in [-0.05, 0) is 32.4 Å². The summed E-state index contributed by atoms with van der Waals surface area (Å²) in [6, 6.07) is 3.53. The maximum atomic E-state index is 11.5. The highest BCUT2D eigenvalue weighted by molar-refractivity contribution is 5.92. The minimum atomic E-state index is -1.23. The Bertz CT molecular complexity index is 487. The van der Waals surface area contributed by atoms with Crippen molar-refractivity contribution < 1.29 is 19.6 Å². The second-order valence-corrected chi connectivity index (χ2v) is 5.34. The van der Waals surface area contributed by atoms with Gasteiger partial charge in [-0.3, -0.25) is 4.79 Å². The monoisotopic (exact) mass is 322 g/mol. The lowest BCUT2D eigenvalue weighted by Gasteiger charge is -2.15. The number of aliphatic carboxylic acids is 1. The van der Waals surface area contributed by atoms with E-state index in [1.54, 1.807) is 23.2 Å². The summed E-state index contributed by atoms with van der Waals surface area (Å²) in [6.07, 6.45) is 2.23. The number of quaternary nitrogens is 1. The molecule has 1 aromatic heterocycles. The Morgan fingerprint density at radius 1 is 1.22 bits per heavy atom. The summed E-state index contributed by atoms with van der Waals surface area (Å²) in [6.45, 7) is 8.64. The Morgan fingerprint density at radius 3 is 2.52 bits per heavy atom. The minimum Gasteiger partial charge on any atom is -0.550 e. The summed E-state index contributed by atoms with van der Waals surface area (Å²) < 4.78 is 0. The molecule has 0 saturated carbocycles. The van der Waals surface area contributed by atoms with E-state index in [0.717, 1.165) is 38.4 Å². The molecule has 7 heteroatoms. The number of hydrogen-bond donors (Lipinski definition) is 3. The smallest absolute Gasteiger partial charge is 0.224 e. The van der Waals surface area contributed by atoms with Gasteiger partial charge in [0.15, 0.2) is 0 Å². The third-order valence-electron chi connectivity index (χ3n) is 3.62. The number of nitrogens with zero attached hydrogens (tertiary/aromatic N) is 1. The molecule has 1 rings (SSSR count). The van der Waals surface area contributed by atoms with Crippen molar-refractivity contribution in [3.63, 3.8) is 0 Å². The van der Waals surface area contributed by atoms with Crippen molar-refractivity contribution in [2.24, 2.45) is 0 Å². The number of pyridine rings is 1. The first-order valence-electron chi connectivity index (χ1n) is 8.08. The molecule has 23 heavy (non-hydrogen) atoms. The number of aromatic nitrogens is 1. The molecule has 7 nitrogen and oxygen atoms in total. The molecule has 3 N–H and O–H groups in total. The van der Waals surface area contributed by atoms with Crippen molar-refractivity contribution in [2.75, 3.05) is 36.8 Å². The molecule has 0 aliphatic heterocycles. The molecule has 0 aliphatic carbocycles. The van der Waals surface area contributed by atoms with Gasteiger partial charge < -0.3 is 25.4 Å². The molecule has 0 aromatic carbocycles. The molecule has 0 bridgehead atoms. The number of nitrogens with one attached hydrogen (secondary N) is 3. The molecule has 0 radical (unpaired) electrons. The molecule has 0 saturated heterocycles. The third-order valence-corrected chi connectivity index (χ3v) is 3.62. The van der Waals surface area contributed by atoms with Gasteiger partial charge >= 0.3 is 0 Å². The summed E-state index contributed by atoms with van der Waals surface area (Å²) in [5.74, 6) is -0.837. The summed E-state index contributed by atoms with van der Waals surface area (Å²) in [5, 5.41) is 16.1. The van der Waals surface area contributed by atoms with E-state index in [4.69, 9.17) is 0 Å². The highest BCUT2D eigenvalue weighted by Gasteiger charge is 2.04. The average molecular weight is 322 g/mol. The Balaban J connectivity index is 2.30. The van der Waals surface area contributed by atoms with Crippen LogP contribution in [0.2, 0.25) is 0 Å². The molecular formula is C16H26N4O3. The molecule has 1 heterocycles. The molecule has 0 fully saturated rings. The van der Waals surface area contributed by atoms with Crippen LogP contribution in [0.25, 0.3) is 0 Å². The van der Waals surface area contributed by atoms with E-state index in [2.05, 4.69) is 29.5 Å². The summed E-state index contributed by atoms with van der Waals surface area (Å²) in [4.78, 5) is 27.6. The van der Waals surface area contributed by atoms with Gasteiger partial charge in [0.25, 0.3) is 0 Å². The van der Waals surface area contributed by atoms with Gasteiger partial charge in [-0.25, -0.2) is 4.98 Å². The van der Waals surface area contributed by atoms with Crippen LogP contribution < -0.4 is 20.6 Å². The number of carboxylic acid groups (broad SMARTS) is 1.